The van der Waals surface area contributed by atoms with Crippen LogP contribution in [0.2, 0.25) is 0 Å². The standard InChI is InChI=1S/C10H16N4O3/c1-3-6-7(15)5(2)10(17-6)14-4-12-9(13-14)8(11)16/h4-7,10,15H,3H2,1-2H3,(H2,11,16)/t5-,6-,7+,10-/m1/s1. The lowest BCUT2D eigenvalue weighted by Gasteiger charge is -2.14. The highest BCUT2D eigenvalue weighted by molar-refractivity contribution is 5.88. The average Bonchev–Trinajstić information content (AvgIpc) is 2.87. The molecule has 0 aliphatic carbocycles. The molecule has 94 valence electrons. The first-order valence-electron chi connectivity index (χ1n) is 5.59. The Balaban J connectivity index is 2.19. The van der Waals surface area contributed by atoms with Crippen molar-refractivity contribution in [2.24, 2.45) is 11.7 Å². The van der Waals surface area contributed by atoms with Gasteiger partial charge in [-0.15, -0.1) is 5.10 Å². The Morgan fingerprint density at radius 1 is 1.71 bits per heavy atom. The zero-order valence-electron chi connectivity index (χ0n) is 9.78. The van der Waals surface area contributed by atoms with Crippen LogP contribution in [0.25, 0.3) is 0 Å². The number of amides is 1. The second-order valence-electron chi connectivity index (χ2n) is 4.24. The fraction of sp³-hybridized carbons (Fsp3) is 0.700. The number of hydrogen-bond acceptors (Lipinski definition) is 5. The van der Waals surface area contributed by atoms with Gasteiger partial charge in [0.05, 0.1) is 12.2 Å². The van der Waals surface area contributed by atoms with Crippen LogP contribution in [0.5, 0.6) is 0 Å². The topological polar surface area (TPSA) is 103 Å². The van der Waals surface area contributed by atoms with Crippen molar-refractivity contribution in [3.63, 3.8) is 0 Å². The van der Waals surface area contributed by atoms with Gasteiger partial charge in [0.1, 0.15) is 6.33 Å². The fourth-order valence-electron chi connectivity index (χ4n) is 2.04. The van der Waals surface area contributed by atoms with Gasteiger partial charge in [0.2, 0.25) is 5.82 Å². The molecule has 1 aliphatic heterocycles. The summed E-state index contributed by atoms with van der Waals surface area (Å²) in [5.74, 6) is -0.834. The minimum Gasteiger partial charge on any atom is -0.390 e. The van der Waals surface area contributed by atoms with Gasteiger partial charge in [0.15, 0.2) is 6.23 Å². The summed E-state index contributed by atoms with van der Waals surface area (Å²) < 4.78 is 7.11. The fourth-order valence-corrected chi connectivity index (χ4v) is 2.04. The highest BCUT2D eigenvalue weighted by atomic mass is 16.5. The second-order valence-corrected chi connectivity index (χ2v) is 4.24. The summed E-state index contributed by atoms with van der Waals surface area (Å²) in [4.78, 5) is 14.7. The number of nitrogens with two attached hydrogens (primary N) is 1. The first-order valence-corrected chi connectivity index (χ1v) is 5.59. The van der Waals surface area contributed by atoms with Crippen molar-refractivity contribution in [2.45, 2.75) is 38.7 Å². The quantitative estimate of drug-likeness (QED) is 0.753. The molecule has 0 aromatic carbocycles. The molecule has 1 aromatic heterocycles. The maximum Gasteiger partial charge on any atom is 0.288 e. The van der Waals surface area contributed by atoms with Crippen molar-refractivity contribution in [1.29, 1.82) is 0 Å². The number of aromatic nitrogens is 3. The van der Waals surface area contributed by atoms with Crippen molar-refractivity contribution in [2.75, 3.05) is 0 Å². The summed E-state index contributed by atoms with van der Waals surface area (Å²) in [6.07, 6.45) is 0.962. The Hall–Kier alpha value is -1.47. The normalized spacial score (nSPS) is 32.9. The van der Waals surface area contributed by atoms with E-state index >= 15 is 0 Å². The Labute approximate surface area is 98.6 Å². The summed E-state index contributed by atoms with van der Waals surface area (Å²) in [6.45, 7) is 3.82. The monoisotopic (exact) mass is 240 g/mol. The molecular formula is C10H16N4O3. The molecule has 4 atom stereocenters. The molecule has 1 aromatic rings. The Kier molecular flexibility index (Phi) is 3.12. The Morgan fingerprint density at radius 3 is 2.88 bits per heavy atom. The van der Waals surface area contributed by atoms with Crippen LogP contribution in [0.1, 0.15) is 37.1 Å². The van der Waals surface area contributed by atoms with Gasteiger partial charge in [-0.3, -0.25) is 4.79 Å². The SMILES string of the molecule is CC[C@H]1O[C@@H](n2cnc(C(N)=O)n2)[C@H](C)[C@@H]1O. The zero-order valence-corrected chi connectivity index (χ0v) is 9.78. The molecule has 0 unspecified atom stereocenters. The van der Waals surface area contributed by atoms with E-state index in [0.29, 0.717) is 0 Å². The number of aliphatic hydroxyl groups excluding tert-OH is 1. The average molecular weight is 240 g/mol. The van der Waals surface area contributed by atoms with Gasteiger partial charge >= 0.3 is 0 Å². The Morgan fingerprint density at radius 2 is 2.41 bits per heavy atom. The molecule has 7 heteroatoms. The summed E-state index contributed by atoms with van der Waals surface area (Å²) in [7, 11) is 0. The molecule has 3 N–H and O–H groups in total. The van der Waals surface area contributed by atoms with Crippen LogP contribution < -0.4 is 5.73 Å². The minimum absolute atomic E-state index is 0.0461. The molecule has 1 aliphatic rings. The number of carbonyl (C=O) groups is 1. The molecule has 1 fully saturated rings. The van der Waals surface area contributed by atoms with Gasteiger partial charge in [0.25, 0.3) is 5.91 Å². The summed E-state index contributed by atoms with van der Waals surface area (Å²) in [5.41, 5.74) is 5.07. The lowest BCUT2D eigenvalue weighted by atomic mass is 10.0. The summed E-state index contributed by atoms with van der Waals surface area (Å²) in [5, 5.41) is 13.9. The lowest BCUT2D eigenvalue weighted by molar-refractivity contribution is -0.0288. The van der Waals surface area contributed by atoms with Crippen molar-refractivity contribution >= 4 is 5.91 Å². The molecule has 1 amide bonds. The van der Waals surface area contributed by atoms with Crippen LogP contribution in [0.15, 0.2) is 6.33 Å². The molecule has 1 saturated heterocycles. The first kappa shape index (κ1) is 12.0. The molecule has 0 radical (unpaired) electrons. The number of nitrogens with zero attached hydrogens (tertiary/aromatic N) is 3. The van der Waals surface area contributed by atoms with E-state index < -0.39 is 18.2 Å². The van der Waals surface area contributed by atoms with E-state index in [0.717, 1.165) is 6.42 Å². The van der Waals surface area contributed by atoms with Crippen molar-refractivity contribution in [3.8, 4) is 0 Å². The third-order valence-corrected chi connectivity index (χ3v) is 3.08. The molecule has 7 nitrogen and oxygen atoms in total. The van der Waals surface area contributed by atoms with E-state index in [1.54, 1.807) is 0 Å². The summed E-state index contributed by atoms with van der Waals surface area (Å²) in [6, 6.07) is 0. The van der Waals surface area contributed by atoms with Gasteiger partial charge in [-0.1, -0.05) is 13.8 Å². The molecule has 17 heavy (non-hydrogen) atoms. The molecule has 0 spiro atoms. The van der Waals surface area contributed by atoms with E-state index in [-0.39, 0.29) is 17.8 Å². The van der Waals surface area contributed by atoms with Crippen LogP contribution in [0, 0.1) is 5.92 Å². The van der Waals surface area contributed by atoms with Gasteiger partial charge < -0.3 is 15.6 Å². The van der Waals surface area contributed by atoms with Gasteiger partial charge in [-0.05, 0) is 6.42 Å². The second kappa shape index (κ2) is 4.42. The van der Waals surface area contributed by atoms with Crippen LogP contribution in [0.3, 0.4) is 0 Å². The summed E-state index contributed by atoms with van der Waals surface area (Å²) >= 11 is 0. The number of rotatable bonds is 3. The predicted molar refractivity (Wildman–Crippen MR) is 57.9 cm³/mol. The van der Waals surface area contributed by atoms with Crippen molar-refractivity contribution in [1.82, 2.24) is 14.8 Å². The van der Waals surface area contributed by atoms with Gasteiger partial charge in [-0.2, -0.15) is 0 Å². The molecule has 2 rings (SSSR count). The predicted octanol–water partition coefficient (Wildman–Crippen LogP) is -0.319. The van der Waals surface area contributed by atoms with Gasteiger partial charge in [0, 0.05) is 5.92 Å². The van der Waals surface area contributed by atoms with Crippen molar-refractivity contribution < 1.29 is 14.6 Å². The van der Waals surface area contributed by atoms with Gasteiger partial charge in [-0.25, -0.2) is 9.67 Å². The van der Waals surface area contributed by atoms with E-state index in [4.69, 9.17) is 10.5 Å². The maximum absolute atomic E-state index is 10.9. The number of ether oxygens (including phenoxy) is 1. The van der Waals surface area contributed by atoms with E-state index in [9.17, 15) is 9.90 Å². The van der Waals surface area contributed by atoms with E-state index in [1.807, 2.05) is 13.8 Å². The smallest absolute Gasteiger partial charge is 0.288 e. The maximum atomic E-state index is 10.9. The Bertz CT molecular complexity index is 419. The number of carbonyl (C=O) groups excluding carboxylic acids is 1. The molecular weight excluding hydrogens is 224 g/mol. The third kappa shape index (κ3) is 2.03. The molecule has 0 bridgehead atoms. The minimum atomic E-state index is -0.679. The highest BCUT2D eigenvalue weighted by Crippen LogP contribution is 2.34. The van der Waals surface area contributed by atoms with E-state index in [1.165, 1.54) is 11.0 Å². The van der Waals surface area contributed by atoms with Crippen molar-refractivity contribution in [3.05, 3.63) is 12.2 Å². The largest absolute Gasteiger partial charge is 0.390 e. The molecule has 0 saturated carbocycles. The molecule has 2 heterocycles. The number of hydrogen-bond donors (Lipinski definition) is 2. The third-order valence-electron chi connectivity index (χ3n) is 3.08. The highest BCUT2D eigenvalue weighted by Gasteiger charge is 2.41. The first-order chi connectivity index (χ1) is 8.04. The van der Waals surface area contributed by atoms with Crippen LogP contribution in [-0.4, -0.2) is 38.0 Å². The van der Waals surface area contributed by atoms with E-state index in [2.05, 4.69) is 10.1 Å². The zero-order chi connectivity index (χ0) is 12.6. The lowest BCUT2D eigenvalue weighted by Crippen LogP contribution is -2.24. The number of aliphatic hydroxyl groups is 1. The van der Waals surface area contributed by atoms with Crippen LogP contribution >= 0.6 is 0 Å². The van der Waals surface area contributed by atoms with Crippen LogP contribution in [0.4, 0.5) is 0 Å². The number of primary amides is 1. The van der Waals surface area contributed by atoms with Crippen LogP contribution in [-0.2, 0) is 4.74 Å².